The first-order valence-corrected chi connectivity index (χ1v) is 7.72. The summed E-state index contributed by atoms with van der Waals surface area (Å²) in [5.74, 6) is -1.85. The summed E-state index contributed by atoms with van der Waals surface area (Å²) in [6.07, 6.45) is -0.624. The first-order valence-electron chi connectivity index (χ1n) is 7.72. The molecule has 1 heterocycles. The van der Waals surface area contributed by atoms with Gasteiger partial charge in [0.2, 0.25) is 5.91 Å². The lowest BCUT2D eigenvalue weighted by atomic mass is 9.98. The highest BCUT2D eigenvalue weighted by Crippen LogP contribution is 2.38. The Hall–Kier alpha value is -2.38. The quantitative estimate of drug-likeness (QED) is 0.881. The van der Waals surface area contributed by atoms with Crippen LogP contribution < -0.4 is 5.32 Å². The van der Waals surface area contributed by atoms with Crippen LogP contribution in [0, 0.1) is 0 Å². The summed E-state index contributed by atoms with van der Waals surface area (Å²) in [4.78, 5) is 11.9. The van der Waals surface area contributed by atoms with Crippen LogP contribution in [0.25, 0.3) is 0 Å². The number of rotatable bonds is 6. The van der Waals surface area contributed by atoms with Gasteiger partial charge >= 0.3 is 6.18 Å². The molecule has 8 heteroatoms. The fourth-order valence-corrected chi connectivity index (χ4v) is 2.48. The fourth-order valence-electron chi connectivity index (χ4n) is 2.48. The Labute approximate surface area is 136 Å². The second-order valence-corrected chi connectivity index (χ2v) is 5.92. The number of carbonyl (C=O) groups is 1. The first-order chi connectivity index (χ1) is 11.4. The molecule has 1 amide bonds. The minimum atomic E-state index is -4.43. The van der Waals surface area contributed by atoms with Gasteiger partial charge in [0, 0.05) is 18.7 Å². The third-order valence-electron chi connectivity index (χ3n) is 3.96. The highest BCUT2D eigenvalue weighted by Gasteiger charge is 2.40. The van der Waals surface area contributed by atoms with Gasteiger partial charge in [-0.25, -0.2) is 4.68 Å². The lowest BCUT2D eigenvalue weighted by molar-refractivity contribution is -0.150. The molecule has 2 aromatic rings. The molecule has 0 saturated heterocycles. The Morgan fingerprint density at radius 1 is 1.29 bits per heavy atom. The molecule has 0 spiro atoms. The minimum Gasteiger partial charge on any atom is -0.354 e. The van der Waals surface area contributed by atoms with Gasteiger partial charge in [0.05, 0.1) is 11.6 Å². The van der Waals surface area contributed by atoms with Crippen LogP contribution in [-0.2, 0) is 11.3 Å². The maximum absolute atomic E-state index is 13.2. The van der Waals surface area contributed by atoms with Crippen LogP contribution in [0.2, 0.25) is 0 Å². The SMILES string of the molecule is O=C(Cn1cc(C2CC2)nn1)NCC(c1ccccc1)C(F)(F)F. The molecule has 1 N–H and O–H groups in total. The van der Waals surface area contributed by atoms with Gasteiger partial charge in [0.25, 0.3) is 0 Å². The summed E-state index contributed by atoms with van der Waals surface area (Å²) in [7, 11) is 0. The second-order valence-electron chi connectivity index (χ2n) is 5.92. The van der Waals surface area contributed by atoms with Crippen molar-refractivity contribution in [2.75, 3.05) is 6.54 Å². The molecule has 5 nitrogen and oxygen atoms in total. The predicted octanol–water partition coefficient (Wildman–Crippen LogP) is 2.62. The standard InChI is InChI=1S/C16H17F3N4O/c17-16(18,19)13(11-4-2-1-3-5-11)8-20-15(24)10-23-9-14(21-22-23)12-6-7-12/h1-5,9,12-13H,6-8,10H2,(H,20,24). The van der Waals surface area contributed by atoms with Gasteiger partial charge in [0.1, 0.15) is 6.54 Å². The fraction of sp³-hybridized carbons (Fsp3) is 0.438. The maximum Gasteiger partial charge on any atom is 0.397 e. The predicted molar refractivity (Wildman–Crippen MR) is 80.2 cm³/mol. The Balaban J connectivity index is 1.58. The van der Waals surface area contributed by atoms with Crippen LogP contribution in [-0.4, -0.2) is 33.6 Å². The molecule has 3 rings (SSSR count). The van der Waals surface area contributed by atoms with E-state index >= 15 is 0 Å². The molecule has 1 aliphatic carbocycles. The normalized spacial score (nSPS) is 16.0. The number of benzene rings is 1. The Morgan fingerprint density at radius 2 is 2.00 bits per heavy atom. The third kappa shape index (κ3) is 4.12. The smallest absolute Gasteiger partial charge is 0.354 e. The molecule has 24 heavy (non-hydrogen) atoms. The molecule has 1 fully saturated rings. The van der Waals surface area contributed by atoms with Crippen molar-refractivity contribution < 1.29 is 18.0 Å². The number of nitrogens with zero attached hydrogens (tertiary/aromatic N) is 3. The van der Waals surface area contributed by atoms with Crippen LogP contribution in [0.4, 0.5) is 13.2 Å². The molecule has 1 aromatic carbocycles. The topological polar surface area (TPSA) is 59.8 Å². The van der Waals surface area contributed by atoms with E-state index in [2.05, 4.69) is 15.6 Å². The Bertz CT molecular complexity index is 695. The molecule has 1 aromatic heterocycles. The van der Waals surface area contributed by atoms with Crippen molar-refractivity contribution in [1.82, 2.24) is 20.3 Å². The molecule has 128 valence electrons. The highest BCUT2D eigenvalue weighted by atomic mass is 19.4. The monoisotopic (exact) mass is 338 g/mol. The van der Waals surface area contributed by atoms with E-state index in [0.29, 0.717) is 5.92 Å². The van der Waals surface area contributed by atoms with Crippen LogP contribution in [0.15, 0.2) is 36.5 Å². The number of nitrogens with one attached hydrogen (secondary N) is 1. The van der Waals surface area contributed by atoms with E-state index in [0.717, 1.165) is 18.5 Å². The van der Waals surface area contributed by atoms with E-state index in [1.807, 2.05) is 0 Å². The molecule has 1 unspecified atom stereocenters. The van der Waals surface area contributed by atoms with Gasteiger partial charge < -0.3 is 5.32 Å². The van der Waals surface area contributed by atoms with Crippen LogP contribution >= 0.6 is 0 Å². The van der Waals surface area contributed by atoms with Crippen molar-refractivity contribution in [3.63, 3.8) is 0 Å². The number of aromatic nitrogens is 3. The van der Waals surface area contributed by atoms with Gasteiger partial charge in [-0.3, -0.25) is 4.79 Å². The number of carbonyl (C=O) groups excluding carboxylic acids is 1. The summed E-state index contributed by atoms with van der Waals surface area (Å²) in [6, 6.07) is 7.56. The third-order valence-corrected chi connectivity index (χ3v) is 3.96. The zero-order valence-electron chi connectivity index (χ0n) is 12.8. The largest absolute Gasteiger partial charge is 0.397 e. The van der Waals surface area contributed by atoms with Crippen molar-refractivity contribution in [1.29, 1.82) is 0 Å². The molecule has 1 atom stereocenters. The van der Waals surface area contributed by atoms with Gasteiger partial charge in [-0.05, 0) is 18.4 Å². The molecule has 1 saturated carbocycles. The summed E-state index contributed by atoms with van der Waals surface area (Å²) >= 11 is 0. The average Bonchev–Trinajstić information content (AvgIpc) is 3.28. The zero-order valence-corrected chi connectivity index (χ0v) is 12.8. The first kappa shape index (κ1) is 16.5. The maximum atomic E-state index is 13.2. The number of alkyl halides is 3. The van der Waals surface area contributed by atoms with Gasteiger partial charge in [0.15, 0.2) is 0 Å². The van der Waals surface area contributed by atoms with Crippen LogP contribution in [0.1, 0.15) is 35.9 Å². The average molecular weight is 338 g/mol. The van der Waals surface area contributed by atoms with E-state index in [1.165, 1.54) is 16.8 Å². The molecule has 0 radical (unpaired) electrons. The Kier molecular flexibility index (Phi) is 4.55. The van der Waals surface area contributed by atoms with Crippen LogP contribution in [0.3, 0.4) is 0 Å². The van der Waals surface area contributed by atoms with Gasteiger partial charge in [-0.15, -0.1) is 5.10 Å². The highest BCUT2D eigenvalue weighted by molar-refractivity contribution is 5.75. The van der Waals surface area contributed by atoms with E-state index in [1.54, 1.807) is 24.4 Å². The van der Waals surface area contributed by atoms with Crippen molar-refractivity contribution in [3.05, 3.63) is 47.8 Å². The number of amides is 1. The van der Waals surface area contributed by atoms with Gasteiger partial charge in [-0.1, -0.05) is 35.5 Å². The number of halogens is 3. The number of hydrogen-bond acceptors (Lipinski definition) is 3. The molecule has 1 aliphatic rings. The number of hydrogen-bond donors (Lipinski definition) is 1. The van der Waals surface area contributed by atoms with Crippen LogP contribution in [0.5, 0.6) is 0 Å². The molecule has 0 aliphatic heterocycles. The van der Waals surface area contributed by atoms with Crippen molar-refractivity contribution >= 4 is 5.91 Å². The van der Waals surface area contributed by atoms with Crippen molar-refractivity contribution in [3.8, 4) is 0 Å². The van der Waals surface area contributed by atoms with E-state index in [9.17, 15) is 18.0 Å². The lowest BCUT2D eigenvalue weighted by Crippen LogP contribution is -2.36. The zero-order chi connectivity index (χ0) is 17.2. The second kappa shape index (κ2) is 6.62. The van der Waals surface area contributed by atoms with E-state index in [4.69, 9.17) is 0 Å². The van der Waals surface area contributed by atoms with E-state index < -0.39 is 24.5 Å². The summed E-state index contributed by atoms with van der Waals surface area (Å²) in [6.45, 7) is -0.643. The minimum absolute atomic E-state index is 0.127. The lowest BCUT2D eigenvalue weighted by Gasteiger charge is -2.21. The summed E-state index contributed by atoms with van der Waals surface area (Å²) in [5, 5.41) is 10.1. The molecule has 0 bridgehead atoms. The molecular formula is C16H17F3N4O. The van der Waals surface area contributed by atoms with Crippen molar-refractivity contribution in [2.24, 2.45) is 0 Å². The molecular weight excluding hydrogens is 321 g/mol. The Morgan fingerprint density at radius 3 is 2.62 bits per heavy atom. The van der Waals surface area contributed by atoms with Gasteiger partial charge in [-0.2, -0.15) is 13.2 Å². The van der Waals surface area contributed by atoms with Crippen molar-refractivity contribution in [2.45, 2.75) is 37.4 Å². The summed E-state index contributed by atoms with van der Waals surface area (Å²) in [5.41, 5.74) is 0.960. The summed E-state index contributed by atoms with van der Waals surface area (Å²) < 4.78 is 41.0. The van der Waals surface area contributed by atoms with E-state index in [-0.39, 0.29) is 12.1 Å².